The van der Waals surface area contributed by atoms with Crippen LogP contribution in [0.15, 0.2) is 28.7 Å². The van der Waals surface area contributed by atoms with Gasteiger partial charge in [0.2, 0.25) is 0 Å². The fourth-order valence-corrected chi connectivity index (χ4v) is 1.63. The van der Waals surface area contributed by atoms with Crippen molar-refractivity contribution in [1.29, 1.82) is 0 Å². The molecule has 0 aliphatic carbocycles. The van der Waals surface area contributed by atoms with E-state index >= 15 is 0 Å². The van der Waals surface area contributed by atoms with Gasteiger partial charge in [0.25, 0.3) is 0 Å². The van der Waals surface area contributed by atoms with Crippen LogP contribution in [-0.2, 0) is 4.74 Å². The molecule has 2 N–H and O–H groups in total. The Labute approximate surface area is 103 Å². The molecule has 5 heteroatoms. The third kappa shape index (κ3) is 4.20. The Hall–Kier alpha value is -1.07. The fraction of sp³-hybridized carbons (Fsp3) is 0.364. The number of aliphatic hydroxyl groups excluding tert-OH is 1. The Morgan fingerprint density at radius 3 is 3.00 bits per heavy atom. The zero-order valence-electron chi connectivity index (χ0n) is 8.94. The first kappa shape index (κ1) is 13.0. The van der Waals surface area contributed by atoms with Crippen LogP contribution in [0.3, 0.4) is 0 Å². The number of rotatable bonds is 4. The third-order valence-electron chi connectivity index (χ3n) is 2.01. The lowest BCUT2D eigenvalue weighted by atomic mass is 10.1. The van der Waals surface area contributed by atoms with Crippen molar-refractivity contribution < 1.29 is 14.6 Å². The van der Waals surface area contributed by atoms with E-state index in [0.29, 0.717) is 0 Å². The Balaban J connectivity index is 2.52. The summed E-state index contributed by atoms with van der Waals surface area (Å²) in [6.07, 6.45) is -0.526. The lowest BCUT2D eigenvalue weighted by Gasteiger charge is -2.14. The van der Waals surface area contributed by atoms with Crippen LogP contribution in [0, 0.1) is 0 Å². The van der Waals surface area contributed by atoms with Gasteiger partial charge in [-0.2, -0.15) is 0 Å². The van der Waals surface area contributed by atoms with Crippen molar-refractivity contribution in [2.24, 2.45) is 0 Å². The number of hydrogen-bond acceptors (Lipinski definition) is 3. The van der Waals surface area contributed by atoms with Gasteiger partial charge >= 0.3 is 6.09 Å². The summed E-state index contributed by atoms with van der Waals surface area (Å²) in [5, 5.41) is 11.2. The topological polar surface area (TPSA) is 58.6 Å². The summed E-state index contributed by atoms with van der Waals surface area (Å²) in [5.41, 5.74) is 0.982. The monoisotopic (exact) mass is 287 g/mol. The summed E-state index contributed by atoms with van der Waals surface area (Å²) in [7, 11) is 0. The van der Waals surface area contributed by atoms with Gasteiger partial charge in [0.15, 0.2) is 0 Å². The Kier molecular flexibility index (Phi) is 5.28. The lowest BCUT2D eigenvalue weighted by Crippen LogP contribution is -2.28. The van der Waals surface area contributed by atoms with E-state index in [-0.39, 0.29) is 19.3 Å². The van der Waals surface area contributed by atoms with E-state index in [4.69, 9.17) is 9.84 Å². The first-order valence-corrected chi connectivity index (χ1v) is 5.72. The van der Waals surface area contributed by atoms with E-state index in [1.54, 1.807) is 0 Å². The van der Waals surface area contributed by atoms with Crippen LogP contribution < -0.4 is 5.32 Å². The minimum atomic E-state index is -0.526. The molecule has 0 spiro atoms. The summed E-state index contributed by atoms with van der Waals surface area (Å²) in [6, 6.07) is 7.53. The zero-order chi connectivity index (χ0) is 12.0. The molecule has 1 amide bonds. The molecule has 1 aromatic carbocycles. The van der Waals surface area contributed by atoms with Crippen LogP contribution in [0.4, 0.5) is 4.79 Å². The largest absolute Gasteiger partial charge is 0.447 e. The van der Waals surface area contributed by atoms with Gasteiger partial charge in [-0.05, 0) is 24.6 Å². The van der Waals surface area contributed by atoms with Gasteiger partial charge in [0.1, 0.15) is 6.61 Å². The minimum Gasteiger partial charge on any atom is -0.447 e. The van der Waals surface area contributed by atoms with Gasteiger partial charge in [0, 0.05) is 4.47 Å². The SMILES string of the molecule is C[C@H](NC(=O)OCCO)c1cccc(Br)c1. The van der Waals surface area contributed by atoms with E-state index < -0.39 is 6.09 Å². The average Bonchev–Trinajstić information content (AvgIpc) is 2.26. The molecule has 4 nitrogen and oxygen atoms in total. The predicted molar refractivity (Wildman–Crippen MR) is 64.1 cm³/mol. The van der Waals surface area contributed by atoms with Gasteiger partial charge in [-0.15, -0.1) is 0 Å². The number of amides is 1. The number of carbonyl (C=O) groups excluding carboxylic acids is 1. The molecule has 1 rings (SSSR count). The predicted octanol–water partition coefficient (Wildman–Crippen LogP) is 2.23. The molecule has 0 aromatic heterocycles. The van der Waals surface area contributed by atoms with Crippen molar-refractivity contribution in [1.82, 2.24) is 5.32 Å². The number of aliphatic hydroxyl groups is 1. The van der Waals surface area contributed by atoms with E-state index in [1.807, 2.05) is 31.2 Å². The molecule has 1 atom stereocenters. The second-order valence-corrected chi connectivity index (χ2v) is 4.20. The quantitative estimate of drug-likeness (QED) is 0.893. The molecule has 1 aromatic rings. The van der Waals surface area contributed by atoms with Crippen LogP contribution in [0.25, 0.3) is 0 Å². The molecule has 0 saturated carbocycles. The molecular formula is C11H14BrNO3. The van der Waals surface area contributed by atoms with Gasteiger partial charge in [-0.1, -0.05) is 28.1 Å². The van der Waals surface area contributed by atoms with E-state index in [1.165, 1.54) is 0 Å². The average molecular weight is 288 g/mol. The third-order valence-corrected chi connectivity index (χ3v) is 2.50. The summed E-state index contributed by atoms with van der Waals surface area (Å²) in [6.45, 7) is 1.71. The lowest BCUT2D eigenvalue weighted by molar-refractivity contribution is 0.116. The highest BCUT2D eigenvalue weighted by Gasteiger charge is 2.09. The second kappa shape index (κ2) is 6.50. The molecule has 0 heterocycles. The van der Waals surface area contributed by atoms with Gasteiger partial charge < -0.3 is 15.2 Å². The zero-order valence-corrected chi connectivity index (χ0v) is 10.5. The van der Waals surface area contributed by atoms with Crippen molar-refractivity contribution in [2.45, 2.75) is 13.0 Å². The summed E-state index contributed by atoms with van der Waals surface area (Å²) < 4.78 is 5.66. The highest BCUT2D eigenvalue weighted by atomic mass is 79.9. The molecule has 16 heavy (non-hydrogen) atoms. The van der Waals surface area contributed by atoms with Crippen molar-refractivity contribution in [2.75, 3.05) is 13.2 Å². The van der Waals surface area contributed by atoms with Crippen molar-refractivity contribution in [3.05, 3.63) is 34.3 Å². The van der Waals surface area contributed by atoms with E-state index in [0.717, 1.165) is 10.0 Å². The van der Waals surface area contributed by atoms with Crippen molar-refractivity contribution in [3.8, 4) is 0 Å². The van der Waals surface area contributed by atoms with Crippen LogP contribution in [-0.4, -0.2) is 24.4 Å². The summed E-state index contributed by atoms with van der Waals surface area (Å²) in [5.74, 6) is 0. The van der Waals surface area contributed by atoms with E-state index in [2.05, 4.69) is 21.2 Å². The number of ether oxygens (including phenoxy) is 1. The first-order valence-electron chi connectivity index (χ1n) is 4.93. The van der Waals surface area contributed by atoms with Crippen molar-refractivity contribution >= 4 is 22.0 Å². The summed E-state index contributed by atoms with van der Waals surface area (Å²) in [4.78, 5) is 11.2. The highest BCUT2D eigenvalue weighted by Crippen LogP contribution is 2.17. The minimum absolute atomic E-state index is 0.0109. The number of carbonyl (C=O) groups is 1. The van der Waals surface area contributed by atoms with Gasteiger partial charge in [-0.25, -0.2) is 4.79 Å². The maximum absolute atomic E-state index is 11.2. The van der Waals surface area contributed by atoms with Crippen LogP contribution in [0.2, 0.25) is 0 Å². The van der Waals surface area contributed by atoms with Crippen molar-refractivity contribution in [3.63, 3.8) is 0 Å². The Bertz CT molecular complexity index is 357. The normalized spacial score (nSPS) is 11.9. The molecule has 0 saturated heterocycles. The number of benzene rings is 1. The first-order chi connectivity index (χ1) is 7.63. The molecule has 0 bridgehead atoms. The summed E-state index contributed by atoms with van der Waals surface area (Å²) >= 11 is 3.36. The smallest absolute Gasteiger partial charge is 0.407 e. The van der Waals surface area contributed by atoms with Crippen LogP contribution in [0.1, 0.15) is 18.5 Å². The van der Waals surface area contributed by atoms with Gasteiger partial charge in [-0.3, -0.25) is 0 Å². The number of hydrogen-bond donors (Lipinski definition) is 2. The van der Waals surface area contributed by atoms with Gasteiger partial charge in [0.05, 0.1) is 12.6 Å². The fourth-order valence-electron chi connectivity index (χ4n) is 1.22. The maximum atomic E-state index is 11.2. The Morgan fingerprint density at radius 1 is 1.62 bits per heavy atom. The maximum Gasteiger partial charge on any atom is 0.407 e. The molecule has 0 fully saturated rings. The molecular weight excluding hydrogens is 274 g/mol. The molecule has 88 valence electrons. The second-order valence-electron chi connectivity index (χ2n) is 3.28. The number of halogens is 1. The van der Waals surface area contributed by atoms with Crippen LogP contribution >= 0.6 is 15.9 Å². The molecule has 0 radical (unpaired) electrons. The molecule has 0 aliphatic rings. The highest BCUT2D eigenvalue weighted by molar-refractivity contribution is 9.10. The standard InChI is InChI=1S/C11H14BrNO3/c1-8(13-11(15)16-6-5-14)9-3-2-4-10(12)7-9/h2-4,7-8,14H,5-6H2,1H3,(H,13,15)/t8-/m0/s1. The Morgan fingerprint density at radius 2 is 2.38 bits per heavy atom. The van der Waals surface area contributed by atoms with Crippen LogP contribution in [0.5, 0.6) is 0 Å². The molecule has 0 aliphatic heterocycles. The number of nitrogens with one attached hydrogen (secondary N) is 1. The number of alkyl carbamates (subject to hydrolysis) is 1. The van der Waals surface area contributed by atoms with E-state index in [9.17, 15) is 4.79 Å². The molecule has 0 unspecified atom stereocenters.